The number of nitrogens with one attached hydrogen (secondary N) is 1. The first kappa shape index (κ1) is 24.5. The molecule has 12 heteroatoms. The summed E-state index contributed by atoms with van der Waals surface area (Å²) in [5, 5.41) is 7.07. The number of nitrogens with two attached hydrogens (primary N) is 1. The summed E-state index contributed by atoms with van der Waals surface area (Å²) in [6, 6.07) is 7.19. The van der Waals surface area contributed by atoms with Crippen molar-refractivity contribution in [2.75, 3.05) is 37.5 Å². The molecule has 4 rings (SSSR count). The Hall–Kier alpha value is -3.64. The number of hydrogen-bond donors (Lipinski definition) is 2. The molecule has 0 radical (unpaired) electrons. The van der Waals surface area contributed by atoms with Gasteiger partial charge in [-0.3, -0.25) is 5.32 Å². The molecule has 0 aliphatic carbocycles. The number of carbonyl (C=O) groups excluding carboxylic acids is 1. The van der Waals surface area contributed by atoms with E-state index in [1.807, 2.05) is 18.2 Å². The topological polar surface area (TPSA) is 141 Å². The van der Waals surface area contributed by atoms with Crippen molar-refractivity contribution >= 4 is 38.7 Å². The van der Waals surface area contributed by atoms with Crippen LogP contribution < -0.4 is 15.8 Å². The molecule has 0 unspecified atom stereocenters. The number of benzene rings is 1. The number of amides is 1. The molecule has 0 bridgehead atoms. The first-order valence-corrected chi connectivity index (χ1v) is 12.7. The lowest BCUT2D eigenvalue weighted by atomic mass is 10.0. The number of ether oxygens (including phenoxy) is 2. The van der Waals surface area contributed by atoms with Crippen molar-refractivity contribution in [2.24, 2.45) is 0 Å². The summed E-state index contributed by atoms with van der Waals surface area (Å²) in [4.78, 5) is 16.4. The van der Waals surface area contributed by atoms with Gasteiger partial charge in [0.15, 0.2) is 5.82 Å². The van der Waals surface area contributed by atoms with Crippen LogP contribution >= 0.6 is 0 Å². The van der Waals surface area contributed by atoms with Crippen LogP contribution in [0.1, 0.15) is 26.5 Å². The summed E-state index contributed by atoms with van der Waals surface area (Å²) >= 11 is 0. The summed E-state index contributed by atoms with van der Waals surface area (Å²) in [6.07, 6.45) is 3.80. The minimum Gasteiger partial charge on any atom is -0.495 e. The minimum absolute atomic E-state index is 0.233. The van der Waals surface area contributed by atoms with Crippen molar-refractivity contribution in [3.63, 3.8) is 0 Å². The number of nitrogens with zero attached hydrogens (tertiary/aromatic N) is 4. The summed E-state index contributed by atoms with van der Waals surface area (Å²) in [7, 11) is -1.83. The molecule has 0 fully saturated rings. The molecule has 0 saturated carbocycles. The van der Waals surface area contributed by atoms with Crippen molar-refractivity contribution < 1.29 is 22.7 Å². The quantitative estimate of drug-likeness (QED) is 0.545. The second-order valence-electron chi connectivity index (χ2n) is 9.18. The molecule has 3 heterocycles. The van der Waals surface area contributed by atoms with Crippen LogP contribution in [-0.2, 0) is 14.8 Å². The number of aromatic nitrogens is 3. The molecule has 3 aromatic rings. The zero-order valence-electron chi connectivity index (χ0n) is 20.2. The van der Waals surface area contributed by atoms with E-state index in [1.54, 1.807) is 37.4 Å². The molecule has 186 valence electrons. The van der Waals surface area contributed by atoms with Crippen LogP contribution in [0.25, 0.3) is 22.2 Å². The third kappa shape index (κ3) is 5.08. The van der Waals surface area contributed by atoms with E-state index in [-0.39, 0.29) is 18.9 Å². The van der Waals surface area contributed by atoms with Gasteiger partial charge in [-0.15, -0.1) is 0 Å². The Labute approximate surface area is 203 Å². The molecule has 0 saturated heterocycles. The molecule has 1 amide bonds. The highest BCUT2D eigenvalue weighted by Crippen LogP contribution is 2.37. The predicted molar refractivity (Wildman–Crippen MR) is 134 cm³/mol. The normalized spacial score (nSPS) is 14.7. The number of rotatable bonds is 5. The zero-order chi connectivity index (χ0) is 25.5. The molecule has 0 atom stereocenters. The van der Waals surface area contributed by atoms with E-state index in [2.05, 4.69) is 15.4 Å². The minimum atomic E-state index is -3.33. The Morgan fingerprint density at radius 2 is 1.97 bits per heavy atom. The zero-order valence-corrected chi connectivity index (χ0v) is 21.0. The van der Waals surface area contributed by atoms with Gasteiger partial charge in [-0.2, -0.15) is 9.40 Å². The van der Waals surface area contributed by atoms with Crippen LogP contribution in [0.5, 0.6) is 5.75 Å². The van der Waals surface area contributed by atoms with E-state index in [9.17, 15) is 13.2 Å². The Balaban J connectivity index is 1.75. The lowest BCUT2D eigenvalue weighted by Crippen LogP contribution is -2.27. The lowest BCUT2D eigenvalue weighted by molar-refractivity contribution is 0.0635. The number of nitrogen functional groups attached to an aromatic ring is 1. The lowest BCUT2D eigenvalue weighted by Gasteiger charge is -2.20. The van der Waals surface area contributed by atoms with Gasteiger partial charge in [0.2, 0.25) is 10.0 Å². The molecule has 0 spiro atoms. The van der Waals surface area contributed by atoms with Crippen LogP contribution in [-0.4, -0.2) is 65.5 Å². The third-order valence-electron chi connectivity index (χ3n) is 5.42. The fourth-order valence-electron chi connectivity index (χ4n) is 3.86. The van der Waals surface area contributed by atoms with Crippen LogP contribution in [0.15, 0.2) is 36.7 Å². The summed E-state index contributed by atoms with van der Waals surface area (Å²) in [5.41, 5.74) is 9.62. The number of anilines is 2. The molecular formula is C23H28N6O5S. The standard InChI is InChI=1S/C23H28N6O5S/c1-23(2,3)34-22(30)27-17-7-6-14(10-19(17)33-4)16-11-18(29-20(16)21(24)25-13-26-29)15-8-9-28(12-15)35(5,31)32/h6-8,10-11,13H,9,12H2,1-5H3,(H,27,30)(H2,24,25,26). The van der Waals surface area contributed by atoms with E-state index in [4.69, 9.17) is 15.2 Å². The second-order valence-corrected chi connectivity index (χ2v) is 11.2. The van der Waals surface area contributed by atoms with Crippen molar-refractivity contribution in [1.82, 2.24) is 18.9 Å². The van der Waals surface area contributed by atoms with Gasteiger partial charge in [-0.25, -0.2) is 22.7 Å². The van der Waals surface area contributed by atoms with E-state index < -0.39 is 21.7 Å². The van der Waals surface area contributed by atoms with Crippen LogP contribution in [0.3, 0.4) is 0 Å². The maximum Gasteiger partial charge on any atom is 0.412 e. The van der Waals surface area contributed by atoms with Gasteiger partial charge in [0.05, 0.1) is 24.7 Å². The monoisotopic (exact) mass is 500 g/mol. The molecule has 35 heavy (non-hydrogen) atoms. The van der Waals surface area contributed by atoms with Crippen LogP contribution in [0.4, 0.5) is 16.3 Å². The number of fused-ring (bicyclic) bond motifs is 1. The van der Waals surface area contributed by atoms with E-state index in [0.717, 1.165) is 16.7 Å². The highest BCUT2D eigenvalue weighted by molar-refractivity contribution is 7.88. The van der Waals surface area contributed by atoms with Crippen molar-refractivity contribution in [2.45, 2.75) is 26.4 Å². The van der Waals surface area contributed by atoms with E-state index in [1.165, 1.54) is 24.0 Å². The third-order valence-corrected chi connectivity index (χ3v) is 6.63. The fraction of sp³-hybridized carbons (Fsp3) is 0.348. The Morgan fingerprint density at radius 1 is 1.23 bits per heavy atom. The Kier molecular flexibility index (Phi) is 6.20. The molecule has 3 N–H and O–H groups in total. The number of methoxy groups -OCH3 is 1. The molecular weight excluding hydrogens is 472 g/mol. The predicted octanol–water partition coefficient (Wildman–Crippen LogP) is 2.99. The maximum atomic E-state index is 12.2. The summed E-state index contributed by atoms with van der Waals surface area (Å²) in [5.74, 6) is 0.697. The van der Waals surface area contributed by atoms with E-state index in [0.29, 0.717) is 22.6 Å². The summed E-state index contributed by atoms with van der Waals surface area (Å²) < 4.78 is 37.9. The molecule has 1 aliphatic rings. The first-order valence-electron chi connectivity index (χ1n) is 10.8. The van der Waals surface area contributed by atoms with Crippen molar-refractivity contribution in [1.29, 1.82) is 0 Å². The highest BCUT2D eigenvalue weighted by atomic mass is 32.2. The molecule has 2 aromatic heterocycles. The van der Waals surface area contributed by atoms with Crippen LogP contribution in [0, 0.1) is 0 Å². The number of hydrogen-bond acceptors (Lipinski definition) is 8. The van der Waals surface area contributed by atoms with Gasteiger partial charge in [0.25, 0.3) is 0 Å². The number of carbonyl (C=O) groups is 1. The van der Waals surface area contributed by atoms with Gasteiger partial charge in [-0.05, 0) is 50.1 Å². The average molecular weight is 501 g/mol. The highest BCUT2D eigenvalue weighted by Gasteiger charge is 2.27. The van der Waals surface area contributed by atoms with Crippen molar-refractivity contribution in [3.8, 4) is 16.9 Å². The van der Waals surface area contributed by atoms with Crippen LogP contribution in [0.2, 0.25) is 0 Å². The van der Waals surface area contributed by atoms with Gasteiger partial charge in [0, 0.05) is 18.7 Å². The number of sulfonamides is 1. The van der Waals surface area contributed by atoms with Gasteiger partial charge in [0.1, 0.15) is 23.2 Å². The first-order chi connectivity index (χ1) is 16.4. The van der Waals surface area contributed by atoms with Crippen molar-refractivity contribution in [3.05, 3.63) is 42.4 Å². The second kappa shape index (κ2) is 8.86. The molecule has 1 aromatic carbocycles. The largest absolute Gasteiger partial charge is 0.495 e. The molecule has 1 aliphatic heterocycles. The Morgan fingerprint density at radius 3 is 2.60 bits per heavy atom. The fourth-order valence-corrected chi connectivity index (χ4v) is 4.58. The SMILES string of the molecule is COc1cc(-c2cc(C3=CCN(S(C)(=O)=O)C3)n3ncnc(N)c23)ccc1NC(=O)OC(C)(C)C. The average Bonchev–Trinajstić information content (AvgIpc) is 3.38. The van der Waals surface area contributed by atoms with E-state index >= 15 is 0 Å². The summed E-state index contributed by atoms with van der Waals surface area (Å²) in [6.45, 7) is 5.87. The van der Waals surface area contributed by atoms with Gasteiger partial charge in [-0.1, -0.05) is 12.1 Å². The Bertz CT molecular complexity index is 1440. The van der Waals surface area contributed by atoms with Gasteiger partial charge >= 0.3 is 6.09 Å². The molecule has 11 nitrogen and oxygen atoms in total. The smallest absolute Gasteiger partial charge is 0.412 e. The maximum absolute atomic E-state index is 12.2. The van der Waals surface area contributed by atoms with Gasteiger partial charge < -0.3 is 15.2 Å².